The Balaban J connectivity index is 1.37. The summed E-state index contributed by atoms with van der Waals surface area (Å²) >= 11 is 0. The van der Waals surface area contributed by atoms with Gasteiger partial charge in [0.25, 0.3) is 0 Å². The predicted molar refractivity (Wildman–Crippen MR) is 128 cm³/mol. The van der Waals surface area contributed by atoms with Crippen LogP contribution in [0.25, 0.3) is 10.8 Å². The summed E-state index contributed by atoms with van der Waals surface area (Å²) in [6.45, 7) is 0.742. The molecular weight excluding hydrogens is 456 g/mol. The summed E-state index contributed by atoms with van der Waals surface area (Å²) in [6, 6.07) is 15.9. The minimum Gasteiger partial charge on any atom is -0.484 e. The summed E-state index contributed by atoms with van der Waals surface area (Å²) in [7, 11) is 0. The van der Waals surface area contributed by atoms with Crippen molar-refractivity contribution in [3.05, 3.63) is 101 Å². The fourth-order valence-electron chi connectivity index (χ4n) is 3.88. The fourth-order valence-corrected chi connectivity index (χ4v) is 3.88. The standard InChI is InChI=1S/C28H26F4N2O/c1-2-19-16-33-26(34-17-19)14-7-21-6-13-25-23(15-21)10-9-22(27(25)29)8-3-20-4-11-24(12-5-20)35-18-28(30,31)32/h4-6,9-13,15-17H,2-3,7-8,14,18H2,1H3. The van der Waals surface area contributed by atoms with Gasteiger partial charge in [0, 0.05) is 24.2 Å². The number of hydrogen-bond donors (Lipinski definition) is 0. The Morgan fingerprint density at radius 2 is 1.46 bits per heavy atom. The van der Waals surface area contributed by atoms with Crippen LogP contribution in [0.5, 0.6) is 5.75 Å². The van der Waals surface area contributed by atoms with E-state index in [1.165, 1.54) is 12.1 Å². The number of rotatable bonds is 9. The predicted octanol–water partition coefficient (Wildman–Crippen LogP) is 6.84. The van der Waals surface area contributed by atoms with Crippen LogP contribution >= 0.6 is 0 Å². The maximum Gasteiger partial charge on any atom is 0.422 e. The van der Waals surface area contributed by atoms with E-state index < -0.39 is 12.8 Å². The SMILES string of the molecule is CCc1cnc(CCc2ccc3c(F)c(CCc4ccc(OCC(F)(F)F)cc4)ccc3c2)nc1. The maximum absolute atomic E-state index is 15.2. The van der Waals surface area contributed by atoms with Crippen molar-refractivity contribution in [2.75, 3.05) is 6.61 Å². The van der Waals surface area contributed by atoms with Crippen LogP contribution in [0, 0.1) is 5.82 Å². The molecule has 3 aromatic carbocycles. The van der Waals surface area contributed by atoms with Gasteiger partial charge in [0.15, 0.2) is 6.61 Å². The van der Waals surface area contributed by atoms with Gasteiger partial charge in [0.2, 0.25) is 0 Å². The Morgan fingerprint density at radius 1 is 0.771 bits per heavy atom. The average molecular weight is 483 g/mol. The Morgan fingerprint density at radius 3 is 2.14 bits per heavy atom. The minimum absolute atomic E-state index is 0.156. The average Bonchev–Trinajstić information content (AvgIpc) is 2.86. The lowest BCUT2D eigenvalue weighted by atomic mass is 9.98. The molecule has 182 valence electrons. The van der Waals surface area contributed by atoms with Crippen molar-refractivity contribution in [3.63, 3.8) is 0 Å². The molecule has 0 radical (unpaired) electrons. The highest BCUT2D eigenvalue weighted by Gasteiger charge is 2.28. The highest BCUT2D eigenvalue weighted by molar-refractivity contribution is 5.84. The van der Waals surface area contributed by atoms with Gasteiger partial charge in [0.05, 0.1) is 0 Å². The van der Waals surface area contributed by atoms with Gasteiger partial charge in [-0.05, 0) is 65.5 Å². The van der Waals surface area contributed by atoms with Gasteiger partial charge in [-0.1, -0.05) is 49.4 Å². The smallest absolute Gasteiger partial charge is 0.422 e. The highest BCUT2D eigenvalue weighted by Crippen LogP contribution is 2.25. The molecule has 3 nitrogen and oxygen atoms in total. The van der Waals surface area contributed by atoms with E-state index in [1.54, 1.807) is 18.2 Å². The van der Waals surface area contributed by atoms with Crippen LogP contribution in [0.3, 0.4) is 0 Å². The summed E-state index contributed by atoms with van der Waals surface area (Å²) in [6.07, 6.45) is 2.79. The van der Waals surface area contributed by atoms with E-state index in [-0.39, 0.29) is 11.6 Å². The first-order valence-corrected chi connectivity index (χ1v) is 11.6. The first kappa shape index (κ1) is 24.6. The molecule has 7 heteroatoms. The Kier molecular flexibility index (Phi) is 7.63. The summed E-state index contributed by atoms with van der Waals surface area (Å²) in [5, 5.41) is 1.42. The lowest BCUT2D eigenvalue weighted by molar-refractivity contribution is -0.153. The number of aryl methyl sites for hydroxylation is 5. The van der Waals surface area contributed by atoms with Crippen molar-refractivity contribution in [3.8, 4) is 5.75 Å². The lowest BCUT2D eigenvalue weighted by Crippen LogP contribution is -2.19. The third kappa shape index (κ3) is 6.78. The first-order valence-electron chi connectivity index (χ1n) is 11.6. The van der Waals surface area contributed by atoms with Crippen LogP contribution in [0.1, 0.15) is 35.0 Å². The molecule has 0 aliphatic rings. The van der Waals surface area contributed by atoms with Crippen molar-refractivity contribution < 1.29 is 22.3 Å². The summed E-state index contributed by atoms with van der Waals surface area (Å²) in [5.41, 5.74) is 3.71. The summed E-state index contributed by atoms with van der Waals surface area (Å²) < 4.78 is 56.7. The second-order valence-electron chi connectivity index (χ2n) is 8.50. The van der Waals surface area contributed by atoms with Gasteiger partial charge < -0.3 is 4.74 Å². The molecule has 1 aromatic heterocycles. The Bertz CT molecular complexity index is 1270. The zero-order chi connectivity index (χ0) is 24.8. The number of aromatic nitrogens is 2. The Labute approximate surface area is 201 Å². The molecule has 0 fully saturated rings. The molecule has 0 aliphatic carbocycles. The molecule has 0 aliphatic heterocycles. The zero-order valence-corrected chi connectivity index (χ0v) is 19.4. The van der Waals surface area contributed by atoms with Gasteiger partial charge in [-0.25, -0.2) is 14.4 Å². The molecule has 4 aromatic rings. The number of hydrogen-bond acceptors (Lipinski definition) is 3. The van der Waals surface area contributed by atoms with E-state index in [0.717, 1.165) is 47.2 Å². The monoisotopic (exact) mass is 482 g/mol. The van der Waals surface area contributed by atoms with E-state index in [1.807, 2.05) is 36.7 Å². The van der Waals surface area contributed by atoms with E-state index in [2.05, 4.69) is 16.9 Å². The number of halogens is 4. The van der Waals surface area contributed by atoms with Gasteiger partial charge in [-0.15, -0.1) is 0 Å². The molecule has 0 bridgehead atoms. The molecule has 0 unspecified atom stereocenters. The van der Waals surface area contributed by atoms with Crippen LogP contribution in [-0.4, -0.2) is 22.8 Å². The van der Waals surface area contributed by atoms with Crippen molar-refractivity contribution in [1.82, 2.24) is 9.97 Å². The topological polar surface area (TPSA) is 35.0 Å². The second kappa shape index (κ2) is 10.8. The van der Waals surface area contributed by atoms with Crippen molar-refractivity contribution in [1.29, 1.82) is 0 Å². The molecule has 0 amide bonds. The Hall–Kier alpha value is -3.48. The lowest BCUT2D eigenvalue weighted by Gasteiger charge is -2.10. The summed E-state index contributed by atoms with van der Waals surface area (Å²) in [5.74, 6) is 0.713. The minimum atomic E-state index is -4.37. The van der Waals surface area contributed by atoms with E-state index >= 15 is 4.39 Å². The van der Waals surface area contributed by atoms with Crippen LogP contribution in [-0.2, 0) is 32.1 Å². The molecule has 35 heavy (non-hydrogen) atoms. The van der Waals surface area contributed by atoms with Gasteiger partial charge >= 0.3 is 6.18 Å². The van der Waals surface area contributed by atoms with Gasteiger partial charge in [-0.2, -0.15) is 13.2 Å². The third-order valence-electron chi connectivity index (χ3n) is 5.91. The van der Waals surface area contributed by atoms with Crippen molar-refractivity contribution in [2.24, 2.45) is 0 Å². The van der Waals surface area contributed by atoms with E-state index in [9.17, 15) is 13.2 Å². The fraction of sp³-hybridized carbons (Fsp3) is 0.286. The number of nitrogens with zero attached hydrogens (tertiary/aromatic N) is 2. The molecular formula is C28H26F4N2O. The molecule has 4 rings (SSSR count). The normalized spacial score (nSPS) is 11.7. The van der Waals surface area contributed by atoms with E-state index in [4.69, 9.17) is 4.74 Å². The van der Waals surface area contributed by atoms with Crippen LogP contribution in [0.2, 0.25) is 0 Å². The largest absolute Gasteiger partial charge is 0.484 e. The number of alkyl halides is 3. The second-order valence-corrected chi connectivity index (χ2v) is 8.50. The molecule has 0 saturated heterocycles. The van der Waals surface area contributed by atoms with E-state index in [0.29, 0.717) is 23.8 Å². The van der Waals surface area contributed by atoms with Crippen molar-refractivity contribution >= 4 is 10.8 Å². The number of ether oxygens (including phenoxy) is 1. The molecule has 1 heterocycles. The summed E-state index contributed by atoms with van der Waals surface area (Å²) in [4.78, 5) is 8.80. The molecule has 0 atom stereocenters. The van der Waals surface area contributed by atoms with Gasteiger partial charge in [-0.3, -0.25) is 0 Å². The zero-order valence-electron chi connectivity index (χ0n) is 19.4. The van der Waals surface area contributed by atoms with Crippen LogP contribution in [0.4, 0.5) is 17.6 Å². The maximum atomic E-state index is 15.2. The van der Waals surface area contributed by atoms with Crippen molar-refractivity contribution in [2.45, 2.75) is 45.2 Å². The molecule has 0 saturated carbocycles. The molecule has 0 spiro atoms. The number of benzene rings is 3. The highest BCUT2D eigenvalue weighted by atomic mass is 19.4. The first-order chi connectivity index (χ1) is 16.8. The van der Waals surface area contributed by atoms with Gasteiger partial charge in [0.1, 0.15) is 17.4 Å². The van der Waals surface area contributed by atoms with Crippen LogP contribution < -0.4 is 4.74 Å². The third-order valence-corrected chi connectivity index (χ3v) is 5.91. The molecule has 0 N–H and O–H groups in total. The number of fused-ring (bicyclic) bond motifs is 1. The quantitative estimate of drug-likeness (QED) is 0.245. The van der Waals surface area contributed by atoms with Crippen LogP contribution in [0.15, 0.2) is 67.0 Å².